The third-order valence-electron chi connectivity index (χ3n) is 2.70. The Balaban J connectivity index is 2.45. The van der Waals surface area contributed by atoms with Gasteiger partial charge in [0, 0.05) is 18.9 Å². The highest BCUT2D eigenvalue weighted by molar-refractivity contribution is 5.77. The largest absolute Gasteiger partial charge is 0.480 e. The molecule has 2 aromatic heterocycles. The van der Waals surface area contributed by atoms with Crippen LogP contribution in [0.25, 0.3) is 5.52 Å². The van der Waals surface area contributed by atoms with Gasteiger partial charge in [-0.1, -0.05) is 13.8 Å². The maximum Gasteiger partial charge on any atom is 0.323 e. The topological polar surface area (TPSA) is 70.7 Å². The molecule has 0 saturated heterocycles. The SMILES string of the molecule is Cc1cc2c(N(CC(=O)O)CC(C)C)nccn2n1. The molecule has 0 radical (unpaired) electrons. The minimum absolute atomic E-state index is 0.0604. The van der Waals surface area contributed by atoms with E-state index in [1.54, 1.807) is 21.8 Å². The normalized spacial score (nSPS) is 11.2. The van der Waals surface area contributed by atoms with E-state index >= 15 is 0 Å². The fourth-order valence-electron chi connectivity index (χ4n) is 2.10. The molecule has 0 unspecified atom stereocenters. The summed E-state index contributed by atoms with van der Waals surface area (Å²) >= 11 is 0. The van der Waals surface area contributed by atoms with Crippen LogP contribution in [0.5, 0.6) is 0 Å². The van der Waals surface area contributed by atoms with Gasteiger partial charge in [-0.15, -0.1) is 0 Å². The van der Waals surface area contributed by atoms with Gasteiger partial charge in [0.2, 0.25) is 0 Å². The van der Waals surface area contributed by atoms with Crippen molar-refractivity contribution in [2.24, 2.45) is 5.92 Å². The summed E-state index contributed by atoms with van der Waals surface area (Å²) in [5, 5.41) is 13.4. The van der Waals surface area contributed by atoms with Crippen LogP contribution in [0.3, 0.4) is 0 Å². The molecule has 0 aliphatic rings. The Kier molecular flexibility index (Phi) is 3.69. The Morgan fingerprint density at radius 1 is 1.53 bits per heavy atom. The van der Waals surface area contributed by atoms with E-state index in [4.69, 9.17) is 5.11 Å². The number of aryl methyl sites for hydroxylation is 1. The van der Waals surface area contributed by atoms with Gasteiger partial charge >= 0.3 is 5.97 Å². The predicted molar refractivity (Wildman–Crippen MR) is 72.4 cm³/mol. The standard InChI is InChI=1S/C13H18N4O2/c1-9(2)7-16(8-12(18)19)13-11-6-10(3)15-17(11)5-4-14-13/h4-6,9H,7-8H2,1-3H3,(H,18,19). The summed E-state index contributed by atoms with van der Waals surface area (Å²) in [6.45, 7) is 6.59. The number of carboxylic acids is 1. The molecule has 0 spiro atoms. The van der Waals surface area contributed by atoms with Crippen molar-refractivity contribution in [2.45, 2.75) is 20.8 Å². The minimum atomic E-state index is -0.860. The molecule has 6 nitrogen and oxygen atoms in total. The Bertz CT molecular complexity index is 591. The quantitative estimate of drug-likeness (QED) is 0.886. The molecule has 1 N–H and O–H groups in total. The second-order valence-electron chi connectivity index (χ2n) is 5.03. The number of rotatable bonds is 5. The number of hydrogen-bond acceptors (Lipinski definition) is 4. The highest BCUT2D eigenvalue weighted by Crippen LogP contribution is 2.20. The molecule has 6 heteroatoms. The summed E-state index contributed by atoms with van der Waals surface area (Å²) in [5.74, 6) is 0.158. The number of aromatic nitrogens is 3. The lowest BCUT2D eigenvalue weighted by Gasteiger charge is -2.24. The van der Waals surface area contributed by atoms with E-state index in [0.29, 0.717) is 18.3 Å². The third-order valence-corrected chi connectivity index (χ3v) is 2.70. The molecule has 102 valence electrons. The Morgan fingerprint density at radius 3 is 2.89 bits per heavy atom. The zero-order chi connectivity index (χ0) is 14.0. The van der Waals surface area contributed by atoms with Crippen LogP contribution >= 0.6 is 0 Å². The van der Waals surface area contributed by atoms with Gasteiger partial charge in [-0.25, -0.2) is 9.50 Å². The molecular weight excluding hydrogens is 244 g/mol. The summed E-state index contributed by atoms with van der Waals surface area (Å²) in [6, 6.07) is 1.91. The van der Waals surface area contributed by atoms with Crippen molar-refractivity contribution in [1.82, 2.24) is 14.6 Å². The maximum absolute atomic E-state index is 11.0. The average molecular weight is 262 g/mol. The van der Waals surface area contributed by atoms with Crippen LogP contribution in [-0.4, -0.2) is 38.8 Å². The smallest absolute Gasteiger partial charge is 0.323 e. The molecule has 0 aliphatic carbocycles. The van der Waals surface area contributed by atoms with E-state index in [1.165, 1.54) is 0 Å². The van der Waals surface area contributed by atoms with Gasteiger partial charge in [-0.3, -0.25) is 4.79 Å². The maximum atomic E-state index is 11.0. The molecule has 0 aromatic carbocycles. The molecule has 2 heterocycles. The van der Waals surface area contributed by atoms with Gasteiger partial charge in [0.1, 0.15) is 12.1 Å². The van der Waals surface area contributed by atoms with Crippen molar-refractivity contribution < 1.29 is 9.90 Å². The van der Waals surface area contributed by atoms with Crippen LogP contribution in [0.2, 0.25) is 0 Å². The first-order valence-corrected chi connectivity index (χ1v) is 6.25. The van der Waals surface area contributed by atoms with Crippen molar-refractivity contribution in [2.75, 3.05) is 18.0 Å². The number of nitrogens with zero attached hydrogens (tertiary/aromatic N) is 4. The van der Waals surface area contributed by atoms with Crippen LogP contribution in [0.4, 0.5) is 5.82 Å². The number of carboxylic acid groups (broad SMARTS) is 1. The number of anilines is 1. The van der Waals surface area contributed by atoms with Crippen molar-refractivity contribution in [3.8, 4) is 0 Å². The van der Waals surface area contributed by atoms with Crippen molar-refractivity contribution in [3.05, 3.63) is 24.2 Å². The van der Waals surface area contributed by atoms with E-state index in [-0.39, 0.29) is 6.54 Å². The second kappa shape index (κ2) is 5.26. The van der Waals surface area contributed by atoms with E-state index in [9.17, 15) is 4.79 Å². The Hall–Kier alpha value is -2.11. The van der Waals surface area contributed by atoms with Gasteiger partial charge in [-0.2, -0.15) is 5.10 Å². The number of hydrogen-bond donors (Lipinski definition) is 1. The van der Waals surface area contributed by atoms with Crippen LogP contribution in [0.15, 0.2) is 18.5 Å². The molecule has 0 fully saturated rings. The predicted octanol–water partition coefficient (Wildman–Crippen LogP) is 1.58. The van der Waals surface area contributed by atoms with Crippen molar-refractivity contribution in [3.63, 3.8) is 0 Å². The Morgan fingerprint density at radius 2 is 2.26 bits per heavy atom. The zero-order valence-corrected chi connectivity index (χ0v) is 11.4. The van der Waals surface area contributed by atoms with Crippen molar-refractivity contribution >= 4 is 17.3 Å². The monoisotopic (exact) mass is 262 g/mol. The van der Waals surface area contributed by atoms with Gasteiger partial charge in [0.15, 0.2) is 5.82 Å². The van der Waals surface area contributed by atoms with E-state index < -0.39 is 5.97 Å². The number of fused-ring (bicyclic) bond motifs is 1. The van der Waals surface area contributed by atoms with Gasteiger partial charge in [0.25, 0.3) is 0 Å². The van der Waals surface area contributed by atoms with Crippen LogP contribution in [-0.2, 0) is 4.79 Å². The average Bonchev–Trinajstić information content (AvgIpc) is 2.66. The first-order valence-electron chi connectivity index (χ1n) is 6.25. The van der Waals surface area contributed by atoms with E-state index in [0.717, 1.165) is 11.2 Å². The molecule has 19 heavy (non-hydrogen) atoms. The highest BCUT2D eigenvalue weighted by Gasteiger charge is 2.17. The summed E-state index contributed by atoms with van der Waals surface area (Å²) in [7, 11) is 0. The molecule has 2 rings (SSSR count). The molecule has 2 aromatic rings. The third kappa shape index (κ3) is 3.01. The molecule has 0 saturated carbocycles. The lowest BCUT2D eigenvalue weighted by atomic mass is 10.2. The minimum Gasteiger partial charge on any atom is -0.480 e. The fourth-order valence-corrected chi connectivity index (χ4v) is 2.10. The number of carbonyl (C=O) groups is 1. The second-order valence-corrected chi connectivity index (χ2v) is 5.03. The van der Waals surface area contributed by atoms with Crippen LogP contribution in [0, 0.1) is 12.8 Å². The molecule has 0 aliphatic heterocycles. The summed E-state index contributed by atoms with van der Waals surface area (Å²) in [5.41, 5.74) is 1.72. The molecule has 0 atom stereocenters. The first kappa shape index (κ1) is 13.3. The number of aliphatic carboxylic acids is 1. The summed E-state index contributed by atoms with van der Waals surface area (Å²) in [4.78, 5) is 17.1. The first-order chi connectivity index (χ1) is 8.97. The zero-order valence-electron chi connectivity index (χ0n) is 11.4. The molecule has 0 bridgehead atoms. The van der Waals surface area contributed by atoms with E-state index in [1.807, 2.05) is 13.0 Å². The van der Waals surface area contributed by atoms with Gasteiger partial charge in [0.05, 0.1) is 5.69 Å². The van der Waals surface area contributed by atoms with E-state index in [2.05, 4.69) is 23.9 Å². The van der Waals surface area contributed by atoms with Gasteiger partial charge < -0.3 is 10.0 Å². The lowest BCUT2D eigenvalue weighted by Crippen LogP contribution is -2.33. The Labute approximate surface area is 111 Å². The van der Waals surface area contributed by atoms with Crippen molar-refractivity contribution in [1.29, 1.82) is 0 Å². The molecular formula is C13H18N4O2. The van der Waals surface area contributed by atoms with Gasteiger partial charge in [-0.05, 0) is 18.9 Å². The van der Waals surface area contributed by atoms with Crippen LogP contribution in [0.1, 0.15) is 19.5 Å². The highest BCUT2D eigenvalue weighted by atomic mass is 16.4. The fraction of sp³-hybridized carbons (Fsp3) is 0.462. The summed E-state index contributed by atoms with van der Waals surface area (Å²) in [6.07, 6.45) is 3.41. The summed E-state index contributed by atoms with van der Waals surface area (Å²) < 4.78 is 1.73. The van der Waals surface area contributed by atoms with Crippen LogP contribution < -0.4 is 4.90 Å². The lowest BCUT2D eigenvalue weighted by molar-refractivity contribution is -0.135. The molecule has 0 amide bonds.